The van der Waals surface area contributed by atoms with Crippen LogP contribution in [-0.4, -0.2) is 27.0 Å². The first-order chi connectivity index (χ1) is 10.2. The van der Waals surface area contributed by atoms with E-state index < -0.39 is 38.2 Å². The molecule has 118 valence electrons. The van der Waals surface area contributed by atoms with Gasteiger partial charge in [-0.3, -0.25) is 0 Å². The third kappa shape index (κ3) is 1.99. The fourth-order valence-electron chi connectivity index (χ4n) is 2.57. The van der Waals surface area contributed by atoms with E-state index in [1.165, 1.54) is 25.3 Å². The van der Waals surface area contributed by atoms with Crippen molar-refractivity contribution in [1.29, 1.82) is 0 Å². The van der Waals surface area contributed by atoms with Crippen LogP contribution in [0.4, 0.5) is 13.2 Å². The highest BCUT2D eigenvalue weighted by Crippen LogP contribution is 2.41. The lowest BCUT2D eigenvalue weighted by Gasteiger charge is -2.12. The highest BCUT2D eigenvalue weighted by atomic mass is 32.2. The number of sulfone groups is 1. The Morgan fingerprint density at radius 2 is 2.00 bits per heavy atom. The van der Waals surface area contributed by atoms with Crippen molar-refractivity contribution < 1.29 is 30.7 Å². The van der Waals surface area contributed by atoms with Gasteiger partial charge in [-0.25, -0.2) is 13.2 Å². The molecule has 1 aliphatic rings. The Morgan fingerprint density at radius 1 is 1.32 bits per heavy atom. The molecule has 0 fully saturated rings. The maximum absolute atomic E-state index is 13.0. The molecule has 2 aromatic rings. The lowest BCUT2D eigenvalue weighted by atomic mass is 10.1. The summed E-state index contributed by atoms with van der Waals surface area (Å²) in [5.41, 5.74) is -1.44. The van der Waals surface area contributed by atoms with Crippen molar-refractivity contribution in [3.8, 4) is 5.75 Å². The summed E-state index contributed by atoms with van der Waals surface area (Å²) < 4.78 is 72.8. The van der Waals surface area contributed by atoms with Crippen LogP contribution in [0, 0.1) is 0 Å². The second kappa shape index (κ2) is 4.48. The van der Waals surface area contributed by atoms with Crippen LogP contribution in [0.3, 0.4) is 0 Å². The zero-order chi connectivity index (χ0) is 16.3. The van der Waals surface area contributed by atoms with Crippen LogP contribution in [0.5, 0.6) is 5.75 Å². The van der Waals surface area contributed by atoms with E-state index in [0.29, 0.717) is 5.75 Å². The molecule has 1 unspecified atom stereocenters. The van der Waals surface area contributed by atoms with Crippen LogP contribution < -0.4 is 10.4 Å². The molecule has 5 nitrogen and oxygen atoms in total. The number of fused-ring (bicyclic) bond motifs is 3. The molecule has 0 spiro atoms. The number of hydrogen-bond donors (Lipinski definition) is 0. The van der Waals surface area contributed by atoms with E-state index in [-0.39, 0.29) is 16.5 Å². The smallest absolute Gasteiger partial charge is 0.406 e. The van der Waals surface area contributed by atoms with Gasteiger partial charge in [0.2, 0.25) is 0 Å². The summed E-state index contributed by atoms with van der Waals surface area (Å²) in [5, 5.41) is -2.50. The van der Waals surface area contributed by atoms with Crippen LogP contribution in [0.1, 0.15) is 5.56 Å². The Morgan fingerprint density at radius 3 is 2.59 bits per heavy atom. The molecule has 0 saturated heterocycles. The summed E-state index contributed by atoms with van der Waals surface area (Å²) >= 11 is 0. The summed E-state index contributed by atoms with van der Waals surface area (Å²) in [6, 6.07) is 4.16. The minimum absolute atomic E-state index is 0.0163. The van der Waals surface area contributed by atoms with Gasteiger partial charge in [0, 0.05) is 11.8 Å². The maximum atomic E-state index is 13.0. The Balaban J connectivity index is 2.39. The van der Waals surface area contributed by atoms with E-state index in [9.17, 15) is 26.4 Å². The first kappa shape index (κ1) is 14.9. The average Bonchev–Trinajstić information content (AvgIpc) is 2.71. The fraction of sp³-hybridized carbons (Fsp3) is 0.308. The third-order valence-electron chi connectivity index (χ3n) is 3.59. The minimum Gasteiger partial charge on any atom is -0.497 e. The van der Waals surface area contributed by atoms with Crippen molar-refractivity contribution in [2.75, 3.05) is 7.11 Å². The SMILES string of the molecule is COc1ccc2oc(=O)c3c(c2c1)CC(C(F)(F)F)S3(=O)=O. The van der Waals surface area contributed by atoms with Gasteiger partial charge in [0.15, 0.2) is 20.0 Å². The van der Waals surface area contributed by atoms with E-state index in [1.807, 2.05) is 0 Å². The van der Waals surface area contributed by atoms with Gasteiger partial charge in [0.1, 0.15) is 11.3 Å². The summed E-state index contributed by atoms with van der Waals surface area (Å²) in [5.74, 6) is 0.316. The van der Waals surface area contributed by atoms with E-state index in [4.69, 9.17) is 9.15 Å². The summed E-state index contributed by atoms with van der Waals surface area (Å²) in [7, 11) is -3.46. The zero-order valence-corrected chi connectivity index (χ0v) is 11.9. The number of hydrogen-bond acceptors (Lipinski definition) is 5. The maximum Gasteiger partial charge on any atom is 0.406 e. The van der Waals surface area contributed by atoms with Crippen LogP contribution in [0.25, 0.3) is 11.0 Å². The van der Waals surface area contributed by atoms with Crippen LogP contribution in [0.15, 0.2) is 32.3 Å². The van der Waals surface area contributed by atoms with E-state index in [1.54, 1.807) is 0 Å². The van der Waals surface area contributed by atoms with Crippen molar-refractivity contribution in [3.63, 3.8) is 0 Å². The molecule has 0 N–H and O–H groups in total. The summed E-state index contributed by atoms with van der Waals surface area (Å²) in [6.45, 7) is 0. The van der Waals surface area contributed by atoms with Gasteiger partial charge < -0.3 is 9.15 Å². The molecule has 3 rings (SSSR count). The first-order valence-corrected chi connectivity index (χ1v) is 7.65. The molecular formula is C13H9F3O5S. The second-order valence-corrected chi connectivity index (χ2v) is 6.91. The molecule has 1 aliphatic heterocycles. The molecule has 9 heteroatoms. The number of ether oxygens (including phenoxy) is 1. The Kier molecular flexibility index (Phi) is 3.03. The fourth-order valence-corrected chi connectivity index (χ4v) is 4.41. The molecule has 2 heterocycles. The molecule has 1 atom stereocenters. The second-order valence-electron chi connectivity index (χ2n) is 4.84. The summed E-state index contributed by atoms with van der Waals surface area (Å²) in [6.07, 6.45) is -5.77. The van der Waals surface area contributed by atoms with E-state index in [0.717, 1.165) is 0 Å². The molecule has 0 saturated carbocycles. The van der Waals surface area contributed by atoms with Gasteiger partial charge in [-0.1, -0.05) is 0 Å². The Hall–Kier alpha value is -2.03. The van der Waals surface area contributed by atoms with Gasteiger partial charge in [0.05, 0.1) is 7.11 Å². The van der Waals surface area contributed by atoms with Gasteiger partial charge >= 0.3 is 11.8 Å². The Bertz CT molecular complexity index is 927. The topological polar surface area (TPSA) is 73.6 Å². The predicted octanol–water partition coefficient (Wildman–Crippen LogP) is 2.06. The van der Waals surface area contributed by atoms with Crippen molar-refractivity contribution in [3.05, 3.63) is 34.2 Å². The molecule has 22 heavy (non-hydrogen) atoms. The van der Waals surface area contributed by atoms with Crippen molar-refractivity contribution in [1.82, 2.24) is 0 Å². The average molecular weight is 334 g/mol. The largest absolute Gasteiger partial charge is 0.497 e. The standard InChI is InChI=1S/C13H9F3O5S/c1-20-6-2-3-9-7(4-6)8-5-10(13(14,15)16)22(18,19)11(8)12(17)21-9/h2-4,10H,5H2,1H3. The van der Waals surface area contributed by atoms with Crippen molar-refractivity contribution in [2.24, 2.45) is 0 Å². The van der Waals surface area contributed by atoms with Crippen LogP contribution in [-0.2, 0) is 16.3 Å². The van der Waals surface area contributed by atoms with E-state index >= 15 is 0 Å². The molecular weight excluding hydrogens is 325 g/mol. The number of rotatable bonds is 1. The van der Waals surface area contributed by atoms with E-state index in [2.05, 4.69) is 0 Å². The van der Waals surface area contributed by atoms with Crippen molar-refractivity contribution in [2.45, 2.75) is 22.7 Å². The minimum atomic E-state index is -4.96. The predicted molar refractivity (Wildman–Crippen MR) is 69.8 cm³/mol. The molecule has 1 aromatic heterocycles. The molecule has 0 radical (unpaired) electrons. The zero-order valence-electron chi connectivity index (χ0n) is 11.1. The molecule has 0 amide bonds. The quantitative estimate of drug-likeness (QED) is 0.747. The van der Waals surface area contributed by atoms with Crippen molar-refractivity contribution >= 4 is 20.8 Å². The molecule has 0 aliphatic carbocycles. The highest BCUT2D eigenvalue weighted by molar-refractivity contribution is 7.92. The third-order valence-corrected chi connectivity index (χ3v) is 5.75. The van der Waals surface area contributed by atoms with Gasteiger partial charge in [-0.15, -0.1) is 0 Å². The number of methoxy groups -OCH3 is 1. The van der Waals surface area contributed by atoms with Gasteiger partial charge in [0.25, 0.3) is 0 Å². The number of halogens is 3. The van der Waals surface area contributed by atoms with Crippen LogP contribution in [0.2, 0.25) is 0 Å². The van der Waals surface area contributed by atoms with Gasteiger partial charge in [-0.05, 0) is 23.8 Å². The normalized spacial score (nSPS) is 20.1. The molecule has 1 aromatic carbocycles. The summed E-state index contributed by atoms with van der Waals surface area (Å²) in [4.78, 5) is 10.9. The first-order valence-electron chi connectivity index (χ1n) is 6.10. The lowest BCUT2D eigenvalue weighted by Crippen LogP contribution is -2.35. The Labute approximate surface area is 122 Å². The number of benzene rings is 1. The highest BCUT2D eigenvalue weighted by Gasteiger charge is 2.55. The van der Waals surface area contributed by atoms with Gasteiger partial charge in [-0.2, -0.15) is 13.2 Å². The molecule has 0 bridgehead atoms. The monoisotopic (exact) mass is 334 g/mol. The number of alkyl halides is 3. The lowest BCUT2D eigenvalue weighted by molar-refractivity contribution is -0.129. The van der Waals surface area contributed by atoms with Crippen LogP contribution >= 0.6 is 0 Å².